The van der Waals surface area contributed by atoms with Crippen molar-refractivity contribution in [2.24, 2.45) is 0 Å². The third-order valence-corrected chi connectivity index (χ3v) is 7.22. The molecule has 1 aliphatic heterocycles. The zero-order valence-corrected chi connectivity index (χ0v) is 23.4. The number of rotatable bonds is 7. The molecule has 4 amide bonds. The second-order valence-electron chi connectivity index (χ2n) is 9.38. The van der Waals surface area contributed by atoms with E-state index in [1.54, 1.807) is 58.3 Å². The SMILES string of the molecule is CCN(CC)C(=O)c1cc(NC(=O)c2ccccc2Cl)ccc1N1CCCN(C(=O)Nc2ccccc2F)CC1. The average molecular weight is 566 g/mol. The van der Waals surface area contributed by atoms with Crippen molar-refractivity contribution < 1.29 is 18.8 Å². The second kappa shape index (κ2) is 13.3. The summed E-state index contributed by atoms with van der Waals surface area (Å²) in [6, 6.07) is 17.7. The maximum absolute atomic E-state index is 14.0. The quantitative estimate of drug-likeness (QED) is 0.370. The van der Waals surface area contributed by atoms with Gasteiger partial charge in [0.25, 0.3) is 11.8 Å². The largest absolute Gasteiger partial charge is 0.369 e. The van der Waals surface area contributed by atoms with Crippen molar-refractivity contribution >= 4 is 46.5 Å². The van der Waals surface area contributed by atoms with Gasteiger partial charge in [-0.15, -0.1) is 0 Å². The maximum atomic E-state index is 14.0. The summed E-state index contributed by atoms with van der Waals surface area (Å²) in [5.41, 5.74) is 2.14. The lowest BCUT2D eigenvalue weighted by atomic mass is 10.1. The standard InChI is InChI=1S/C30H33ClFN5O3/c1-3-35(4-2)29(39)23-20-21(33-28(38)22-10-5-6-11-24(22)31)14-15-27(23)36-16-9-17-37(19-18-36)30(40)34-26-13-8-7-12-25(26)32/h5-8,10-15,20H,3-4,9,16-19H2,1-2H3,(H,33,38)(H,34,40). The fourth-order valence-corrected chi connectivity index (χ4v) is 4.93. The first kappa shape index (κ1) is 28.9. The summed E-state index contributed by atoms with van der Waals surface area (Å²) in [4.78, 5) is 44.8. The molecule has 0 radical (unpaired) electrons. The number of hydrogen-bond donors (Lipinski definition) is 2. The van der Waals surface area contributed by atoms with Crippen molar-refractivity contribution in [2.45, 2.75) is 20.3 Å². The van der Waals surface area contributed by atoms with E-state index in [4.69, 9.17) is 11.6 Å². The van der Waals surface area contributed by atoms with Crippen molar-refractivity contribution in [3.8, 4) is 0 Å². The summed E-state index contributed by atoms with van der Waals surface area (Å²) in [6.45, 7) is 6.89. The van der Waals surface area contributed by atoms with Crippen LogP contribution in [0.25, 0.3) is 0 Å². The first-order valence-corrected chi connectivity index (χ1v) is 13.7. The second-order valence-corrected chi connectivity index (χ2v) is 9.79. The fourth-order valence-electron chi connectivity index (χ4n) is 4.70. The molecule has 3 aromatic rings. The highest BCUT2D eigenvalue weighted by molar-refractivity contribution is 6.34. The van der Waals surface area contributed by atoms with Crippen molar-refractivity contribution in [1.29, 1.82) is 0 Å². The van der Waals surface area contributed by atoms with Gasteiger partial charge in [-0.1, -0.05) is 35.9 Å². The molecule has 2 N–H and O–H groups in total. The normalized spacial score (nSPS) is 13.4. The first-order chi connectivity index (χ1) is 19.3. The Labute approximate surface area is 238 Å². The summed E-state index contributed by atoms with van der Waals surface area (Å²) in [5.74, 6) is -1.01. The van der Waals surface area contributed by atoms with Gasteiger partial charge < -0.3 is 25.3 Å². The minimum absolute atomic E-state index is 0.134. The third kappa shape index (κ3) is 6.71. The van der Waals surface area contributed by atoms with Gasteiger partial charge in [0.1, 0.15) is 5.82 Å². The van der Waals surface area contributed by atoms with Crippen LogP contribution in [0.15, 0.2) is 66.7 Å². The Balaban J connectivity index is 1.55. The molecule has 210 valence electrons. The molecule has 8 nitrogen and oxygen atoms in total. The molecule has 0 spiro atoms. The van der Waals surface area contributed by atoms with E-state index in [9.17, 15) is 18.8 Å². The van der Waals surface area contributed by atoms with Crippen LogP contribution in [0.5, 0.6) is 0 Å². The van der Waals surface area contributed by atoms with E-state index >= 15 is 0 Å². The molecule has 0 aromatic heterocycles. The van der Waals surface area contributed by atoms with Crippen LogP contribution in [0.1, 0.15) is 41.0 Å². The average Bonchev–Trinajstić information content (AvgIpc) is 3.21. The van der Waals surface area contributed by atoms with Crippen molar-refractivity contribution in [1.82, 2.24) is 9.80 Å². The Morgan fingerprint density at radius 2 is 1.60 bits per heavy atom. The van der Waals surface area contributed by atoms with Gasteiger partial charge in [0, 0.05) is 50.6 Å². The Morgan fingerprint density at radius 1 is 0.875 bits per heavy atom. The Morgan fingerprint density at radius 3 is 2.33 bits per heavy atom. The molecular weight excluding hydrogens is 533 g/mol. The van der Waals surface area contributed by atoms with Crippen LogP contribution in [-0.2, 0) is 0 Å². The van der Waals surface area contributed by atoms with Gasteiger partial charge in [0.05, 0.1) is 21.8 Å². The monoisotopic (exact) mass is 565 g/mol. The van der Waals surface area contributed by atoms with Crippen LogP contribution >= 0.6 is 11.6 Å². The van der Waals surface area contributed by atoms with Gasteiger partial charge in [0.2, 0.25) is 0 Å². The van der Waals surface area contributed by atoms with E-state index in [0.717, 1.165) is 5.69 Å². The smallest absolute Gasteiger partial charge is 0.321 e. The molecule has 3 aromatic carbocycles. The summed E-state index contributed by atoms with van der Waals surface area (Å²) in [6.07, 6.45) is 0.661. The number of carbonyl (C=O) groups is 3. The van der Waals surface area contributed by atoms with Gasteiger partial charge in [-0.3, -0.25) is 9.59 Å². The molecule has 4 rings (SSSR count). The molecule has 10 heteroatoms. The number of nitrogens with one attached hydrogen (secondary N) is 2. The molecule has 1 aliphatic rings. The van der Waals surface area contributed by atoms with Crippen LogP contribution < -0.4 is 15.5 Å². The van der Waals surface area contributed by atoms with Crippen LogP contribution in [0.4, 0.5) is 26.2 Å². The van der Waals surface area contributed by atoms with Crippen LogP contribution in [0.2, 0.25) is 5.02 Å². The van der Waals surface area contributed by atoms with E-state index in [1.165, 1.54) is 12.1 Å². The van der Waals surface area contributed by atoms with Crippen LogP contribution in [-0.4, -0.2) is 66.9 Å². The molecule has 0 unspecified atom stereocenters. The molecule has 0 aliphatic carbocycles. The maximum Gasteiger partial charge on any atom is 0.321 e. The Bertz CT molecular complexity index is 1380. The van der Waals surface area contributed by atoms with Gasteiger partial charge in [-0.05, 0) is 62.7 Å². The number of halogens is 2. The fraction of sp³-hybridized carbons (Fsp3) is 0.300. The van der Waals surface area contributed by atoms with Crippen molar-refractivity contribution in [2.75, 3.05) is 54.8 Å². The van der Waals surface area contributed by atoms with Gasteiger partial charge in [-0.25, -0.2) is 9.18 Å². The van der Waals surface area contributed by atoms with Gasteiger partial charge in [0.15, 0.2) is 0 Å². The number of nitrogens with zero attached hydrogens (tertiary/aromatic N) is 3. The Kier molecular flexibility index (Phi) is 9.60. The molecule has 1 heterocycles. The number of hydrogen-bond acceptors (Lipinski definition) is 4. The molecule has 0 atom stereocenters. The van der Waals surface area contributed by atoms with Crippen molar-refractivity contribution in [3.63, 3.8) is 0 Å². The lowest BCUT2D eigenvalue weighted by molar-refractivity contribution is 0.0773. The number of para-hydroxylation sites is 1. The lowest BCUT2D eigenvalue weighted by Crippen LogP contribution is -2.38. The predicted octanol–water partition coefficient (Wildman–Crippen LogP) is 5.96. The van der Waals surface area contributed by atoms with Gasteiger partial charge in [-0.2, -0.15) is 0 Å². The van der Waals surface area contributed by atoms with Crippen LogP contribution in [0, 0.1) is 5.82 Å². The first-order valence-electron chi connectivity index (χ1n) is 13.4. The molecule has 1 fully saturated rings. The summed E-state index contributed by atoms with van der Waals surface area (Å²) < 4.78 is 14.0. The highest BCUT2D eigenvalue weighted by Gasteiger charge is 2.25. The molecular formula is C30H33ClFN5O3. The van der Waals surface area contributed by atoms with E-state index in [-0.39, 0.29) is 23.5 Å². The van der Waals surface area contributed by atoms with E-state index in [2.05, 4.69) is 15.5 Å². The highest BCUT2D eigenvalue weighted by atomic mass is 35.5. The Hall–Kier alpha value is -4.11. The molecule has 1 saturated heterocycles. The molecule has 0 saturated carbocycles. The van der Waals surface area contributed by atoms with E-state index < -0.39 is 5.82 Å². The predicted molar refractivity (Wildman–Crippen MR) is 157 cm³/mol. The third-order valence-electron chi connectivity index (χ3n) is 6.89. The zero-order valence-electron chi connectivity index (χ0n) is 22.6. The summed E-state index contributed by atoms with van der Waals surface area (Å²) in [7, 11) is 0. The lowest BCUT2D eigenvalue weighted by Gasteiger charge is -2.28. The van der Waals surface area contributed by atoms with Crippen molar-refractivity contribution in [3.05, 3.63) is 88.7 Å². The minimum atomic E-state index is -0.492. The van der Waals surface area contributed by atoms with Crippen LogP contribution in [0.3, 0.4) is 0 Å². The minimum Gasteiger partial charge on any atom is -0.369 e. The van der Waals surface area contributed by atoms with E-state index in [1.807, 2.05) is 19.9 Å². The highest BCUT2D eigenvalue weighted by Crippen LogP contribution is 2.28. The summed E-state index contributed by atoms with van der Waals surface area (Å²) in [5, 5.41) is 5.84. The zero-order chi connectivity index (χ0) is 28.6. The van der Waals surface area contributed by atoms with Gasteiger partial charge >= 0.3 is 6.03 Å². The topological polar surface area (TPSA) is 85.0 Å². The molecule has 40 heavy (non-hydrogen) atoms. The number of anilines is 3. The number of urea groups is 1. The summed E-state index contributed by atoms with van der Waals surface area (Å²) >= 11 is 6.20. The molecule has 0 bridgehead atoms. The number of amides is 4. The number of benzene rings is 3. The number of carbonyl (C=O) groups excluding carboxylic acids is 3. The van der Waals surface area contributed by atoms with E-state index in [0.29, 0.717) is 67.5 Å².